The normalized spacial score (nSPS) is 38.4. The molecule has 0 saturated carbocycles. The zero-order valence-electron chi connectivity index (χ0n) is 9.24. The lowest BCUT2D eigenvalue weighted by Crippen LogP contribution is -2.60. The van der Waals surface area contributed by atoms with Gasteiger partial charge in [0.1, 0.15) is 0 Å². The first-order valence-corrected chi connectivity index (χ1v) is 5.85. The highest BCUT2D eigenvalue weighted by atomic mass is 16.2. The summed E-state index contributed by atoms with van der Waals surface area (Å²) in [5.74, 6) is 0. The second kappa shape index (κ2) is 4.21. The monoisotopic (exact) mass is 196 g/mol. The molecule has 3 atom stereocenters. The molecule has 2 fully saturated rings. The van der Waals surface area contributed by atoms with Crippen LogP contribution in [0.15, 0.2) is 0 Å². The fourth-order valence-corrected chi connectivity index (χ4v) is 3.26. The van der Waals surface area contributed by atoms with Gasteiger partial charge in [-0.25, -0.2) is 0 Å². The summed E-state index contributed by atoms with van der Waals surface area (Å²) in [6, 6.07) is 1.89. The van der Waals surface area contributed by atoms with Crippen molar-refractivity contribution in [2.75, 3.05) is 7.05 Å². The summed E-state index contributed by atoms with van der Waals surface area (Å²) in [5.41, 5.74) is 0. The summed E-state index contributed by atoms with van der Waals surface area (Å²) in [6.07, 6.45) is 6.28. The van der Waals surface area contributed by atoms with Gasteiger partial charge in [-0.3, -0.25) is 0 Å². The highest BCUT2D eigenvalue weighted by molar-refractivity contribution is 6.45. The van der Waals surface area contributed by atoms with Crippen molar-refractivity contribution in [1.29, 1.82) is 0 Å². The molecule has 80 valence electrons. The molecule has 0 amide bonds. The van der Waals surface area contributed by atoms with Gasteiger partial charge in [0.15, 0.2) is 0 Å². The van der Waals surface area contributed by atoms with E-state index >= 15 is 0 Å². The Kier molecular flexibility index (Phi) is 3.15. The SMILES string of the molecule is CNC1C[C@H]2CCC[C@@H](C1)N2B(C)O. The lowest BCUT2D eigenvalue weighted by atomic mass is 9.71. The van der Waals surface area contributed by atoms with Crippen LogP contribution in [0.1, 0.15) is 32.1 Å². The summed E-state index contributed by atoms with van der Waals surface area (Å²) in [5, 5.41) is 13.1. The maximum Gasteiger partial charge on any atom is 0.376 e. The van der Waals surface area contributed by atoms with E-state index in [1.54, 1.807) is 0 Å². The van der Waals surface area contributed by atoms with Crippen molar-refractivity contribution in [2.24, 2.45) is 0 Å². The van der Waals surface area contributed by atoms with Gasteiger partial charge in [-0.2, -0.15) is 0 Å². The molecule has 2 rings (SSSR count). The number of rotatable bonds is 2. The van der Waals surface area contributed by atoms with Crippen molar-refractivity contribution in [3.8, 4) is 0 Å². The molecule has 1 unspecified atom stereocenters. The van der Waals surface area contributed by atoms with E-state index in [-0.39, 0.29) is 7.05 Å². The topological polar surface area (TPSA) is 35.5 Å². The van der Waals surface area contributed by atoms with Crippen LogP contribution in [0.2, 0.25) is 6.82 Å². The predicted octanol–water partition coefficient (Wildman–Crippen LogP) is 0.702. The van der Waals surface area contributed by atoms with Crippen LogP contribution in [0.25, 0.3) is 0 Å². The van der Waals surface area contributed by atoms with Crippen molar-refractivity contribution in [3.63, 3.8) is 0 Å². The van der Waals surface area contributed by atoms with Gasteiger partial charge in [0, 0.05) is 18.1 Å². The van der Waals surface area contributed by atoms with Crippen LogP contribution < -0.4 is 5.32 Å². The van der Waals surface area contributed by atoms with E-state index in [0.717, 1.165) is 0 Å². The number of nitrogens with zero attached hydrogens (tertiary/aromatic N) is 1. The molecule has 0 radical (unpaired) electrons. The molecule has 0 aliphatic carbocycles. The summed E-state index contributed by atoms with van der Waals surface area (Å²) >= 11 is 0. The molecule has 0 spiro atoms. The fraction of sp³-hybridized carbons (Fsp3) is 1.00. The van der Waals surface area contributed by atoms with E-state index in [9.17, 15) is 5.02 Å². The van der Waals surface area contributed by atoms with Crippen LogP contribution in [0.3, 0.4) is 0 Å². The average Bonchev–Trinajstić information content (AvgIpc) is 2.15. The van der Waals surface area contributed by atoms with Gasteiger partial charge < -0.3 is 15.2 Å². The van der Waals surface area contributed by atoms with Crippen molar-refractivity contribution in [3.05, 3.63) is 0 Å². The van der Waals surface area contributed by atoms with Gasteiger partial charge in [-0.15, -0.1) is 0 Å². The molecule has 2 saturated heterocycles. The molecule has 0 aromatic rings. The molecule has 2 heterocycles. The molecule has 2 N–H and O–H groups in total. The Morgan fingerprint density at radius 2 is 1.86 bits per heavy atom. The number of hydrogen-bond donors (Lipinski definition) is 2. The maximum atomic E-state index is 9.75. The zero-order chi connectivity index (χ0) is 10.1. The van der Waals surface area contributed by atoms with E-state index in [2.05, 4.69) is 17.2 Å². The van der Waals surface area contributed by atoms with E-state index in [1.165, 1.54) is 32.1 Å². The lowest BCUT2D eigenvalue weighted by molar-refractivity contribution is 0.0846. The van der Waals surface area contributed by atoms with Crippen LogP contribution in [0, 0.1) is 0 Å². The van der Waals surface area contributed by atoms with Crippen LogP contribution in [0.5, 0.6) is 0 Å². The Morgan fingerprint density at radius 3 is 2.29 bits per heavy atom. The molecular formula is C10H21BN2O. The molecule has 2 bridgehead atoms. The lowest BCUT2D eigenvalue weighted by Gasteiger charge is -2.49. The second-order valence-electron chi connectivity index (χ2n) is 4.77. The van der Waals surface area contributed by atoms with Crippen molar-refractivity contribution >= 4 is 7.05 Å². The fourth-order valence-electron chi connectivity index (χ4n) is 3.26. The standard InChI is InChI=1S/C10H21BN2O/c1-11(14)13-9-4-3-5-10(13)7-8(6-9)12-2/h8-10,12,14H,3-7H2,1-2H3/t8?,9-,10+. The second-order valence-corrected chi connectivity index (χ2v) is 4.77. The quantitative estimate of drug-likeness (QED) is 0.638. The highest BCUT2D eigenvalue weighted by Crippen LogP contribution is 2.34. The summed E-state index contributed by atoms with van der Waals surface area (Å²) in [4.78, 5) is 2.33. The number of fused-ring (bicyclic) bond motifs is 2. The molecule has 14 heavy (non-hydrogen) atoms. The first-order valence-electron chi connectivity index (χ1n) is 5.85. The van der Waals surface area contributed by atoms with Gasteiger partial charge in [0.25, 0.3) is 0 Å². The molecule has 2 aliphatic rings. The Bertz CT molecular complexity index is 187. The van der Waals surface area contributed by atoms with Gasteiger partial charge in [-0.1, -0.05) is 6.42 Å². The molecule has 0 aromatic heterocycles. The minimum atomic E-state index is -0.261. The largest absolute Gasteiger partial charge is 0.437 e. The number of nitrogens with one attached hydrogen (secondary N) is 1. The summed E-state index contributed by atoms with van der Waals surface area (Å²) in [7, 11) is 1.79. The highest BCUT2D eigenvalue weighted by Gasteiger charge is 2.40. The van der Waals surface area contributed by atoms with Gasteiger partial charge in [-0.05, 0) is 39.6 Å². The van der Waals surface area contributed by atoms with Crippen LogP contribution in [-0.4, -0.2) is 42.1 Å². The predicted molar refractivity (Wildman–Crippen MR) is 59.2 cm³/mol. The molecule has 2 aliphatic heterocycles. The number of piperidine rings is 2. The van der Waals surface area contributed by atoms with Crippen molar-refractivity contribution < 1.29 is 5.02 Å². The third-order valence-electron chi connectivity index (χ3n) is 3.87. The van der Waals surface area contributed by atoms with E-state index in [4.69, 9.17) is 0 Å². The number of hydrogen-bond acceptors (Lipinski definition) is 3. The minimum Gasteiger partial charge on any atom is -0.437 e. The Labute approximate surface area is 87.0 Å². The summed E-state index contributed by atoms with van der Waals surface area (Å²) in [6.45, 7) is 1.91. The third kappa shape index (κ3) is 1.83. The van der Waals surface area contributed by atoms with Gasteiger partial charge in [0.05, 0.1) is 0 Å². The van der Waals surface area contributed by atoms with Gasteiger partial charge >= 0.3 is 7.05 Å². The first kappa shape index (κ1) is 10.5. The van der Waals surface area contributed by atoms with E-state index < -0.39 is 0 Å². The zero-order valence-corrected chi connectivity index (χ0v) is 9.24. The smallest absolute Gasteiger partial charge is 0.376 e. The molecule has 4 heteroatoms. The summed E-state index contributed by atoms with van der Waals surface area (Å²) < 4.78 is 0. The van der Waals surface area contributed by atoms with Crippen LogP contribution in [0.4, 0.5) is 0 Å². The Hall–Kier alpha value is -0.0551. The Morgan fingerprint density at radius 1 is 1.29 bits per heavy atom. The maximum absolute atomic E-state index is 9.75. The van der Waals surface area contributed by atoms with Crippen molar-refractivity contribution in [2.45, 2.75) is 57.1 Å². The molecule has 0 aromatic carbocycles. The molecule has 3 nitrogen and oxygen atoms in total. The average molecular weight is 196 g/mol. The molecular weight excluding hydrogens is 175 g/mol. The van der Waals surface area contributed by atoms with Crippen LogP contribution >= 0.6 is 0 Å². The van der Waals surface area contributed by atoms with Crippen LogP contribution in [-0.2, 0) is 0 Å². The third-order valence-corrected chi connectivity index (χ3v) is 3.87. The van der Waals surface area contributed by atoms with E-state index in [1.807, 2.05) is 6.82 Å². The first-order chi connectivity index (χ1) is 6.72. The Balaban J connectivity index is 2.07. The van der Waals surface area contributed by atoms with Gasteiger partial charge in [0.2, 0.25) is 0 Å². The van der Waals surface area contributed by atoms with E-state index in [0.29, 0.717) is 18.1 Å². The minimum absolute atomic E-state index is 0.261. The van der Waals surface area contributed by atoms with Crippen molar-refractivity contribution in [1.82, 2.24) is 10.1 Å².